The predicted octanol–water partition coefficient (Wildman–Crippen LogP) is 2.48. The Morgan fingerprint density at radius 2 is 1.62 bits per heavy atom. The molecule has 6 nitrogen and oxygen atoms in total. The molecule has 3 aliphatic rings. The standard InChI is InChI=1S/C23H31N3O3/c27-16-11-17-1-5-19(6-2-17)25-12-14-26(15-13-25)20-7-3-18(4-8-20)21-9-10-22(28)24-23(21)29/h3-4,7-8,16-17,19,21H,1-2,5-6,9-15H2,(H,24,28,29). The van der Waals surface area contributed by atoms with Crippen LogP contribution in [-0.2, 0) is 14.4 Å². The van der Waals surface area contributed by atoms with Gasteiger partial charge in [-0.15, -0.1) is 0 Å². The third kappa shape index (κ3) is 4.69. The monoisotopic (exact) mass is 397 g/mol. The third-order valence-corrected chi connectivity index (χ3v) is 6.98. The number of nitrogens with zero attached hydrogens (tertiary/aromatic N) is 2. The van der Waals surface area contributed by atoms with Crippen LogP contribution in [0.3, 0.4) is 0 Å². The van der Waals surface area contributed by atoms with Gasteiger partial charge in [-0.3, -0.25) is 19.8 Å². The number of piperazine rings is 1. The Bertz CT molecular complexity index is 732. The van der Waals surface area contributed by atoms with E-state index in [4.69, 9.17) is 0 Å². The SMILES string of the molecule is O=CCC1CCC(N2CCN(c3ccc(C4CCC(=O)NC4=O)cc3)CC2)CC1. The zero-order chi connectivity index (χ0) is 20.2. The molecular weight excluding hydrogens is 366 g/mol. The molecule has 3 fully saturated rings. The summed E-state index contributed by atoms with van der Waals surface area (Å²) in [6.45, 7) is 4.20. The van der Waals surface area contributed by atoms with E-state index in [9.17, 15) is 14.4 Å². The van der Waals surface area contributed by atoms with Crippen molar-refractivity contribution in [3.63, 3.8) is 0 Å². The minimum absolute atomic E-state index is 0.169. The highest BCUT2D eigenvalue weighted by Crippen LogP contribution is 2.31. The molecule has 2 aliphatic heterocycles. The number of hydrogen-bond donors (Lipinski definition) is 1. The zero-order valence-corrected chi connectivity index (χ0v) is 17.0. The second-order valence-electron chi connectivity index (χ2n) is 8.70. The number of amides is 2. The van der Waals surface area contributed by atoms with Gasteiger partial charge in [-0.1, -0.05) is 12.1 Å². The van der Waals surface area contributed by atoms with Crippen LogP contribution in [0.25, 0.3) is 0 Å². The molecule has 1 aliphatic carbocycles. The van der Waals surface area contributed by atoms with Crippen LogP contribution in [-0.4, -0.2) is 55.2 Å². The molecular formula is C23H31N3O3. The van der Waals surface area contributed by atoms with Gasteiger partial charge in [-0.25, -0.2) is 0 Å². The van der Waals surface area contributed by atoms with Crippen molar-refractivity contribution in [2.45, 2.75) is 56.9 Å². The molecule has 29 heavy (non-hydrogen) atoms. The van der Waals surface area contributed by atoms with Crippen molar-refractivity contribution < 1.29 is 14.4 Å². The number of carbonyl (C=O) groups excluding carboxylic acids is 3. The molecule has 0 bridgehead atoms. The Balaban J connectivity index is 1.28. The van der Waals surface area contributed by atoms with Gasteiger partial charge in [-0.2, -0.15) is 0 Å². The number of carbonyl (C=O) groups is 3. The van der Waals surface area contributed by atoms with Gasteiger partial charge < -0.3 is 9.69 Å². The first kappa shape index (κ1) is 20.1. The van der Waals surface area contributed by atoms with Gasteiger partial charge in [-0.05, 0) is 55.7 Å². The molecule has 2 heterocycles. The highest BCUT2D eigenvalue weighted by Gasteiger charge is 2.29. The molecule has 1 aromatic rings. The van der Waals surface area contributed by atoms with Gasteiger partial charge in [0.15, 0.2) is 0 Å². The second-order valence-corrected chi connectivity index (χ2v) is 8.70. The van der Waals surface area contributed by atoms with Crippen molar-refractivity contribution in [1.82, 2.24) is 10.2 Å². The quantitative estimate of drug-likeness (QED) is 0.611. The van der Waals surface area contributed by atoms with Crippen LogP contribution >= 0.6 is 0 Å². The molecule has 2 saturated heterocycles. The largest absolute Gasteiger partial charge is 0.369 e. The molecule has 0 spiro atoms. The van der Waals surface area contributed by atoms with Gasteiger partial charge in [0.05, 0.1) is 5.92 Å². The van der Waals surface area contributed by atoms with Gasteiger partial charge in [0.25, 0.3) is 0 Å². The van der Waals surface area contributed by atoms with Gasteiger partial charge in [0.2, 0.25) is 11.8 Å². The third-order valence-electron chi connectivity index (χ3n) is 6.98. The first-order valence-electron chi connectivity index (χ1n) is 11.0. The average molecular weight is 398 g/mol. The zero-order valence-electron chi connectivity index (χ0n) is 17.0. The summed E-state index contributed by atoms with van der Waals surface area (Å²) in [5.41, 5.74) is 2.19. The molecule has 0 aromatic heterocycles. The fourth-order valence-electron chi connectivity index (χ4n) is 5.16. The maximum atomic E-state index is 12.1. The van der Waals surface area contributed by atoms with E-state index in [2.05, 4.69) is 27.2 Å². The summed E-state index contributed by atoms with van der Waals surface area (Å²) in [5.74, 6) is 0.0457. The highest BCUT2D eigenvalue weighted by molar-refractivity contribution is 6.00. The van der Waals surface area contributed by atoms with E-state index in [1.54, 1.807) is 0 Å². The van der Waals surface area contributed by atoms with E-state index in [-0.39, 0.29) is 17.7 Å². The Morgan fingerprint density at radius 3 is 2.24 bits per heavy atom. The maximum Gasteiger partial charge on any atom is 0.234 e. The molecule has 156 valence electrons. The second kappa shape index (κ2) is 9.08. The van der Waals surface area contributed by atoms with Crippen LogP contribution in [0.5, 0.6) is 0 Å². The molecule has 4 rings (SSSR count). The Morgan fingerprint density at radius 1 is 0.931 bits per heavy atom. The van der Waals surface area contributed by atoms with Crippen LogP contribution in [0.15, 0.2) is 24.3 Å². The molecule has 1 saturated carbocycles. The number of rotatable bonds is 5. The Labute approximate surface area is 172 Å². The van der Waals surface area contributed by atoms with Crippen LogP contribution in [0.1, 0.15) is 56.4 Å². The van der Waals surface area contributed by atoms with Crippen molar-refractivity contribution in [3.8, 4) is 0 Å². The highest BCUT2D eigenvalue weighted by atomic mass is 16.2. The lowest BCUT2D eigenvalue weighted by atomic mass is 9.83. The lowest BCUT2D eigenvalue weighted by Gasteiger charge is -2.42. The van der Waals surface area contributed by atoms with Crippen molar-refractivity contribution >= 4 is 23.8 Å². The molecule has 6 heteroatoms. The molecule has 2 amide bonds. The van der Waals surface area contributed by atoms with Gasteiger partial charge >= 0.3 is 0 Å². The van der Waals surface area contributed by atoms with E-state index < -0.39 is 0 Å². The van der Waals surface area contributed by atoms with Crippen molar-refractivity contribution in [3.05, 3.63) is 29.8 Å². The summed E-state index contributed by atoms with van der Waals surface area (Å²) in [4.78, 5) is 39.2. The van der Waals surface area contributed by atoms with Crippen LogP contribution < -0.4 is 10.2 Å². The maximum absolute atomic E-state index is 12.1. The number of piperidine rings is 1. The van der Waals surface area contributed by atoms with E-state index in [1.165, 1.54) is 31.4 Å². The summed E-state index contributed by atoms with van der Waals surface area (Å²) in [5, 5.41) is 2.44. The Kier molecular flexibility index (Phi) is 6.28. The predicted molar refractivity (Wildman–Crippen MR) is 112 cm³/mol. The summed E-state index contributed by atoms with van der Waals surface area (Å²) in [7, 11) is 0. The number of imide groups is 1. The fraction of sp³-hybridized carbons (Fsp3) is 0.609. The topological polar surface area (TPSA) is 69.7 Å². The Hall–Kier alpha value is -2.21. The molecule has 1 atom stereocenters. The fourth-order valence-corrected chi connectivity index (χ4v) is 5.16. The summed E-state index contributed by atoms with van der Waals surface area (Å²) >= 11 is 0. The number of benzene rings is 1. The number of aldehydes is 1. The summed E-state index contributed by atoms with van der Waals surface area (Å²) in [6.07, 6.45) is 7.63. The average Bonchev–Trinajstić information content (AvgIpc) is 2.75. The van der Waals surface area contributed by atoms with E-state index in [1.807, 2.05) is 12.1 Å². The molecule has 0 radical (unpaired) electrons. The lowest BCUT2D eigenvalue weighted by Crippen LogP contribution is -2.51. The first-order valence-corrected chi connectivity index (χ1v) is 11.0. The van der Waals surface area contributed by atoms with E-state index in [0.717, 1.165) is 44.4 Å². The van der Waals surface area contributed by atoms with E-state index in [0.29, 0.717) is 24.8 Å². The van der Waals surface area contributed by atoms with E-state index >= 15 is 0 Å². The summed E-state index contributed by atoms with van der Waals surface area (Å²) < 4.78 is 0. The van der Waals surface area contributed by atoms with Crippen LogP contribution in [0.2, 0.25) is 0 Å². The normalized spacial score (nSPS) is 28.8. The lowest BCUT2D eigenvalue weighted by molar-refractivity contribution is -0.134. The summed E-state index contributed by atoms with van der Waals surface area (Å²) in [6, 6.07) is 8.97. The molecule has 1 N–H and O–H groups in total. The smallest absolute Gasteiger partial charge is 0.234 e. The minimum atomic E-state index is -0.215. The number of hydrogen-bond acceptors (Lipinski definition) is 5. The van der Waals surface area contributed by atoms with Crippen LogP contribution in [0.4, 0.5) is 5.69 Å². The first-order chi connectivity index (χ1) is 14.1. The molecule has 1 unspecified atom stereocenters. The number of anilines is 1. The van der Waals surface area contributed by atoms with Crippen molar-refractivity contribution in [2.75, 3.05) is 31.1 Å². The molecule has 1 aromatic carbocycles. The van der Waals surface area contributed by atoms with Gasteiger partial charge in [0, 0.05) is 50.7 Å². The number of nitrogens with one attached hydrogen (secondary N) is 1. The van der Waals surface area contributed by atoms with Crippen molar-refractivity contribution in [2.24, 2.45) is 5.92 Å². The van der Waals surface area contributed by atoms with Crippen LogP contribution in [0, 0.1) is 5.92 Å². The minimum Gasteiger partial charge on any atom is -0.369 e. The van der Waals surface area contributed by atoms with Gasteiger partial charge in [0.1, 0.15) is 6.29 Å². The van der Waals surface area contributed by atoms with Crippen molar-refractivity contribution in [1.29, 1.82) is 0 Å².